The average Bonchev–Trinajstić information content (AvgIpc) is 2.86. The number of nitrogens with zero attached hydrogens (tertiary/aromatic N) is 2. The minimum absolute atomic E-state index is 0.547. The van der Waals surface area contributed by atoms with E-state index in [4.69, 9.17) is 12.2 Å². The molecule has 1 aromatic carbocycles. The van der Waals surface area contributed by atoms with Gasteiger partial charge in [-0.3, -0.25) is 4.68 Å². The zero-order chi connectivity index (χ0) is 14.4. The fraction of sp³-hybridized carbons (Fsp3) is 0.200. The second-order valence-electron chi connectivity index (χ2n) is 4.51. The van der Waals surface area contributed by atoms with Crippen LogP contribution in [0.2, 0.25) is 0 Å². The van der Waals surface area contributed by atoms with E-state index in [0.29, 0.717) is 11.7 Å². The molecule has 0 spiro atoms. The highest BCUT2D eigenvalue weighted by Crippen LogP contribution is 2.07. The molecule has 0 aliphatic heterocycles. The van der Waals surface area contributed by atoms with Crippen LogP contribution in [0, 0.1) is 6.92 Å². The van der Waals surface area contributed by atoms with Gasteiger partial charge in [0.2, 0.25) is 0 Å². The van der Waals surface area contributed by atoms with E-state index in [2.05, 4.69) is 53.5 Å². The van der Waals surface area contributed by atoms with Gasteiger partial charge in [-0.2, -0.15) is 5.10 Å². The summed E-state index contributed by atoms with van der Waals surface area (Å²) in [5, 5.41) is 11.0. The van der Waals surface area contributed by atoms with Gasteiger partial charge in [0.1, 0.15) is 0 Å². The van der Waals surface area contributed by atoms with Crippen LogP contribution >= 0.6 is 12.2 Å². The second kappa shape index (κ2) is 6.86. The number of benzene rings is 1. The summed E-state index contributed by atoms with van der Waals surface area (Å²) in [7, 11) is 0. The molecule has 20 heavy (non-hydrogen) atoms. The van der Waals surface area contributed by atoms with Crippen LogP contribution in [-0.4, -0.2) is 21.4 Å². The molecular formula is C15H18N4S. The standard InChI is InChI=1S/C15H18N4S/c1-3-9-16-15(20)17-14-8-10-19(18-14)11-13-6-4-12(2)5-7-13/h3-8,10H,1,9,11H2,2H3,(H2,16,17,18,20). The normalized spacial score (nSPS) is 10.1. The number of rotatable bonds is 5. The van der Waals surface area contributed by atoms with Gasteiger partial charge in [-0.1, -0.05) is 35.9 Å². The molecule has 0 bridgehead atoms. The fourth-order valence-electron chi connectivity index (χ4n) is 1.72. The maximum Gasteiger partial charge on any atom is 0.172 e. The van der Waals surface area contributed by atoms with Gasteiger partial charge in [-0.15, -0.1) is 6.58 Å². The number of aryl methyl sites for hydroxylation is 1. The van der Waals surface area contributed by atoms with Crippen molar-refractivity contribution in [2.24, 2.45) is 0 Å². The maximum atomic E-state index is 5.14. The molecule has 2 aromatic rings. The molecular weight excluding hydrogens is 268 g/mol. The summed E-state index contributed by atoms with van der Waals surface area (Å²) in [6.45, 7) is 7.09. The molecule has 5 heteroatoms. The predicted molar refractivity (Wildman–Crippen MR) is 86.9 cm³/mol. The highest BCUT2D eigenvalue weighted by molar-refractivity contribution is 7.80. The topological polar surface area (TPSA) is 41.9 Å². The van der Waals surface area contributed by atoms with Crippen molar-refractivity contribution < 1.29 is 0 Å². The van der Waals surface area contributed by atoms with Crippen LogP contribution in [0.3, 0.4) is 0 Å². The van der Waals surface area contributed by atoms with Gasteiger partial charge in [0, 0.05) is 18.8 Å². The Morgan fingerprint density at radius 1 is 1.35 bits per heavy atom. The largest absolute Gasteiger partial charge is 0.359 e. The van der Waals surface area contributed by atoms with Gasteiger partial charge >= 0.3 is 0 Å². The smallest absolute Gasteiger partial charge is 0.172 e. The Kier molecular flexibility index (Phi) is 4.90. The molecule has 0 amide bonds. The first-order valence-corrected chi connectivity index (χ1v) is 6.83. The number of hydrogen-bond acceptors (Lipinski definition) is 2. The molecule has 0 aliphatic carbocycles. The molecule has 104 valence electrons. The summed E-state index contributed by atoms with van der Waals surface area (Å²) in [6, 6.07) is 10.3. The summed E-state index contributed by atoms with van der Waals surface area (Å²) in [4.78, 5) is 0. The first kappa shape index (κ1) is 14.3. The third kappa shape index (κ3) is 4.20. The van der Waals surface area contributed by atoms with Gasteiger partial charge in [0.05, 0.1) is 6.54 Å². The summed E-state index contributed by atoms with van der Waals surface area (Å²) in [5.74, 6) is 0.735. The molecule has 0 atom stereocenters. The van der Waals surface area contributed by atoms with Gasteiger partial charge in [-0.05, 0) is 24.7 Å². The van der Waals surface area contributed by atoms with Crippen molar-refractivity contribution in [1.82, 2.24) is 15.1 Å². The van der Waals surface area contributed by atoms with Crippen LogP contribution in [0.4, 0.5) is 5.82 Å². The van der Waals surface area contributed by atoms with Gasteiger partial charge in [0.15, 0.2) is 10.9 Å². The van der Waals surface area contributed by atoms with E-state index in [1.807, 2.05) is 16.9 Å². The monoisotopic (exact) mass is 286 g/mol. The van der Waals surface area contributed by atoms with Crippen molar-refractivity contribution in [3.63, 3.8) is 0 Å². The van der Waals surface area contributed by atoms with Crippen molar-refractivity contribution in [3.05, 3.63) is 60.3 Å². The Morgan fingerprint density at radius 3 is 2.80 bits per heavy atom. The second-order valence-corrected chi connectivity index (χ2v) is 4.92. The molecule has 0 fully saturated rings. The third-order valence-electron chi connectivity index (χ3n) is 2.75. The van der Waals surface area contributed by atoms with Crippen LogP contribution in [0.5, 0.6) is 0 Å². The van der Waals surface area contributed by atoms with Crippen molar-refractivity contribution in [2.45, 2.75) is 13.5 Å². The Hall–Kier alpha value is -2.14. The molecule has 1 aromatic heterocycles. The van der Waals surface area contributed by atoms with E-state index in [1.54, 1.807) is 6.08 Å². The quantitative estimate of drug-likeness (QED) is 0.655. The van der Waals surface area contributed by atoms with Gasteiger partial charge in [-0.25, -0.2) is 0 Å². The molecule has 0 unspecified atom stereocenters. The lowest BCUT2D eigenvalue weighted by Gasteiger charge is -2.06. The Labute approximate surface area is 124 Å². The SMILES string of the molecule is C=CCNC(=S)Nc1ccn(Cc2ccc(C)cc2)n1. The first-order valence-electron chi connectivity index (χ1n) is 6.42. The summed E-state index contributed by atoms with van der Waals surface area (Å²) < 4.78 is 1.88. The van der Waals surface area contributed by atoms with Gasteiger partial charge in [0.25, 0.3) is 0 Å². The van der Waals surface area contributed by atoms with E-state index in [-0.39, 0.29) is 0 Å². The van der Waals surface area contributed by atoms with Crippen LogP contribution in [-0.2, 0) is 6.54 Å². The zero-order valence-corrected chi connectivity index (χ0v) is 12.3. The van der Waals surface area contributed by atoms with Crippen molar-refractivity contribution in [1.29, 1.82) is 0 Å². The lowest BCUT2D eigenvalue weighted by molar-refractivity contribution is 0.690. The van der Waals surface area contributed by atoms with Crippen LogP contribution in [0.15, 0.2) is 49.2 Å². The third-order valence-corrected chi connectivity index (χ3v) is 3.00. The van der Waals surface area contributed by atoms with Gasteiger partial charge < -0.3 is 10.6 Å². The van der Waals surface area contributed by atoms with E-state index in [1.165, 1.54) is 11.1 Å². The van der Waals surface area contributed by atoms with Crippen LogP contribution in [0.25, 0.3) is 0 Å². The number of thiocarbonyl (C=S) groups is 1. The Balaban J connectivity index is 1.93. The van der Waals surface area contributed by atoms with E-state index in [0.717, 1.165) is 12.4 Å². The predicted octanol–water partition coefficient (Wildman–Crippen LogP) is 2.71. The average molecular weight is 286 g/mol. The highest BCUT2D eigenvalue weighted by Gasteiger charge is 2.01. The van der Waals surface area contributed by atoms with Crippen molar-refractivity contribution in [3.8, 4) is 0 Å². The number of aromatic nitrogens is 2. The molecule has 2 rings (SSSR count). The number of anilines is 1. The zero-order valence-electron chi connectivity index (χ0n) is 11.5. The minimum atomic E-state index is 0.547. The lowest BCUT2D eigenvalue weighted by atomic mass is 10.1. The molecule has 0 aliphatic rings. The molecule has 1 heterocycles. The number of hydrogen-bond donors (Lipinski definition) is 2. The van der Waals surface area contributed by atoms with E-state index in [9.17, 15) is 0 Å². The lowest BCUT2D eigenvalue weighted by Crippen LogP contribution is -2.28. The minimum Gasteiger partial charge on any atom is -0.359 e. The summed E-state index contributed by atoms with van der Waals surface area (Å²) >= 11 is 5.14. The molecule has 0 saturated carbocycles. The molecule has 4 nitrogen and oxygen atoms in total. The Morgan fingerprint density at radius 2 is 2.10 bits per heavy atom. The summed E-state index contributed by atoms with van der Waals surface area (Å²) in [6.07, 6.45) is 3.68. The van der Waals surface area contributed by atoms with E-state index >= 15 is 0 Å². The maximum absolute atomic E-state index is 5.14. The van der Waals surface area contributed by atoms with Crippen molar-refractivity contribution >= 4 is 23.1 Å². The van der Waals surface area contributed by atoms with Crippen LogP contribution in [0.1, 0.15) is 11.1 Å². The molecule has 0 saturated heterocycles. The summed E-state index contributed by atoms with van der Waals surface area (Å²) in [5.41, 5.74) is 2.48. The fourth-order valence-corrected chi connectivity index (χ4v) is 1.91. The Bertz CT molecular complexity index is 586. The first-order chi connectivity index (χ1) is 9.67. The number of nitrogens with one attached hydrogen (secondary N) is 2. The van der Waals surface area contributed by atoms with Crippen molar-refractivity contribution in [2.75, 3.05) is 11.9 Å². The molecule has 0 radical (unpaired) electrons. The van der Waals surface area contributed by atoms with Crippen LogP contribution < -0.4 is 10.6 Å². The highest BCUT2D eigenvalue weighted by atomic mass is 32.1. The van der Waals surface area contributed by atoms with E-state index < -0.39 is 0 Å². The molecule has 2 N–H and O–H groups in total.